The molecule has 0 aromatic carbocycles. The second-order valence-electron chi connectivity index (χ2n) is 4.99. The third-order valence-corrected chi connectivity index (χ3v) is 3.35. The first-order chi connectivity index (χ1) is 10.3. The van der Waals surface area contributed by atoms with Gasteiger partial charge in [-0.3, -0.25) is 9.48 Å². The zero-order valence-electron chi connectivity index (χ0n) is 12.9. The van der Waals surface area contributed by atoms with Gasteiger partial charge in [-0.15, -0.1) is 0 Å². The smallest absolute Gasteiger partial charge is 0.334 e. The number of aromatic nitrogens is 3. The van der Waals surface area contributed by atoms with Crippen LogP contribution in [-0.4, -0.2) is 51.5 Å². The Morgan fingerprint density at radius 3 is 2.73 bits per heavy atom. The molecule has 2 heterocycles. The highest BCUT2D eigenvalue weighted by molar-refractivity contribution is 6.06. The van der Waals surface area contributed by atoms with Gasteiger partial charge in [0.25, 0.3) is 5.91 Å². The standard InChI is InChI=1S/C14H18N4O4/c1-7-5-9(11-8(2)17-18(3)12(11)16-7)13(19)15-6-10(22-4)14(20)21/h5,10H,6H2,1-4H3,(H,15,19)(H,20,21). The molecule has 0 aliphatic heterocycles. The Hall–Kier alpha value is -2.48. The average Bonchev–Trinajstić information content (AvgIpc) is 2.73. The van der Waals surface area contributed by atoms with Crippen molar-refractivity contribution < 1.29 is 19.4 Å². The Labute approximate surface area is 127 Å². The minimum absolute atomic E-state index is 0.118. The number of amides is 1. The summed E-state index contributed by atoms with van der Waals surface area (Å²) < 4.78 is 6.41. The van der Waals surface area contributed by atoms with Gasteiger partial charge in [0.2, 0.25) is 0 Å². The number of carbonyl (C=O) groups excluding carboxylic acids is 1. The maximum absolute atomic E-state index is 12.4. The number of aliphatic carboxylic acids is 1. The van der Waals surface area contributed by atoms with E-state index in [0.29, 0.717) is 28.0 Å². The zero-order valence-corrected chi connectivity index (χ0v) is 12.9. The number of carboxylic acids is 1. The van der Waals surface area contributed by atoms with Crippen LogP contribution in [-0.2, 0) is 16.6 Å². The minimum Gasteiger partial charge on any atom is -0.479 e. The molecule has 0 saturated carbocycles. The van der Waals surface area contributed by atoms with Gasteiger partial charge in [0.1, 0.15) is 0 Å². The molecule has 0 aliphatic rings. The number of nitrogens with zero attached hydrogens (tertiary/aromatic N) is 3. The van der Waals surface area contributed by atoms with E-state index in [9.17, 15) is 9.59 Å². The van der Waals surface area contributed by atoms with Gasteiger partial charge < -0.3 is 15.2 Å². The van der Waals surface area contributed by atoms with E-state index >= 15 is 0 Å². The zero-order chi connectivity index (χ0) is 16.4. The lowest BCUT2D eigenvalue weighted by molar-refractivity contribution is -0.148. The second-order valence-corrected chi connectivity index (χ2v) is 4.99. The first kappa shape index (κ1) is 15.9. The first-order valence-corrected chi connectivity index (χ1v) is 6.70. The maximum atomic E-state index is 12.4. The summed E-state index contributed by atoms with van der Waals surface area (Å²) in [5.41, 5.74) is 2.41. The summed E-state index contributed by atoms with van der Waals surface area (Å²) in [6.07, 6.45) is -1.09. The molecule has 8 heteroatoms. The van der Waals surface area contributed by atoms with Crippen molar-refractivity contribution in [3.05, 3.63) is 23.0 Å². The van der Waals surface area contributed by atoms with Crippen molar-refractivity contribution in [2.45, 2.75) is 20.0 Å². The van der Waals surface area contributed by atoms with Crippen molar-refractivity contribution in [1.29, 1.82) is 0 Å². The molecule has 118 valence electrons. The van der Waals surface area contributed by atoms with E-state index < -0.39 is 12.1 Å². The van der Waals surface area contributed by atoms with Crippen molar-refractivity contribution >= 4 is 22.9 Å². The third-order valence-electron chi connectivity index (χ3n) is 3.35. The van der Waals surface area contributed by atoms with E-state index in [4.69, 9.17) is 9.84 Å². The highest BCUT2D eigenvalue weighted by Crippen LogP contribution is 2.21. The van der Waals surface area contributed by atoms with Crippen LogP contribution < -0.4 is 5.32 Å². The highest BCUT2D eigenvalue weighted by Gasteiger charge is 2.21. The molecule has 8 nitrogen and oxygen atoms in total. The summed E-state index contributed by atoms with van der Waals surface area (Å²) in [6, 6.07) is 1.66. The number of methoxy groups -OCH3 is 1. The van der Waals surface area contributed by atoms with E-state index in [1.165, 1.54) is 7.11 Å². The Morgan fingerprint density at radius 2 is 2.14 bits per heavy atom. The predicted molar refractivity (Wildman–Crippen MR) is 78.7 cm³/mol. The monoisotopic (exact) mass is 306 g/mol. The van der Waals surface area contributed by atoms with Crippen LogP contribution in [0.1, 0.15) is 21.7 Å². The normalized spacial score (nSPS) is 12.4. The summed E-state index contributed by atoms with van der Waals surface area (Å²) in [4.78, 5) is 27.7. The molecule has 1 amide bonds. The molecule has 2 N–H and O–H groups in total. The summed E-state index contributed by atoms with van der Waals surface area (Å²) in [6.45, 7) is 3.46. The quantitative estimate of drug-likeness (QED) is 0.829. The van der Waals surface area contributed by atoms with Crippen LogP contribution >= 0.6 is 0 Å². The fraction of sp³-hybridized carbons (Fsp3) is 0.429. The van der Waals surface area contributed by atoms with Gasteiger partial charge in [0.15, 0.2) is 11.8 Å². The van der Waals surface area contributed by atoms with Crippen LogP contribution in [0.3, 0.4) is 0 Å². The molecule has 2 aromatic heterocycles. The van der Waals surface area contributed by atoms with Gasteiger partial charge in [-0.05, 0) is 19.9 Å². The summed E-state index contributed by atoms with van der Waals surface area (Å²) >= 11 is 0. The minimum atomic E-state index is -1.13. The molecule has 0 radical (unpaired) electrons. The van der Waals surface area contributed by atoms with Crippen LogP contribution in [0.4, 0.5) is 0 Å². The van der Waals surface area contributed by atoms with Gasteiger partial charge in [-0.1, -0.05) is 0 Å². The number of hydrogen-bond donors (Lipinski definition) is 2. The van der Waals surface area contributed by atoms with Crippen LogP contribution in [0.5, 0.6) is 0 Å². The molecule has 0 fully saturated rings. The van der Waals surface area contributed by atoms with Crippen molar-refractivity contribution in [3.8, 4) is 0 Å². The SMILES string of the molecule is COC(CNC(=O)c1cc(C)nc2c1c(C)nn2C)C(=O)O. The number of fused-ring (bicyclic) bond motifs is 1. The summed E-state index contributed by atoms with van der Waals surface area (Å²) in [5, 5.41) is 16.4. The van der Waals surface area contributed by atoms with E-state index in [2.05, 4.69) is 15.4 Å². The molecular weight excluding hydrogens is 288 g/mol. The van der Waals surface area contributed by atoms with E-state index in [-0.39, 0.29) is 12.5 Å². The Balaban J connectivity index is 2.34. The average molecular weight is 306 g/mol. The fourth-order valence-corrected chi connectivity index (χ4v) is 2.30. The largest absolute Gasteiger partial charge is 0.479 e. The number of carboxylic acid groups (broad SMARTS) is 1. The predicted octanol–water partition coefficient (Wildman–Crippen LogP) is 0.415. The van der Waals surface area contributed by atoms with E-state index in [1.54, 1.807) is 31.6 Å². The number of rotatable bonds is 5. The molecule has 22 heavy (non-hydrogen) atoms. The van der Waals surface area contributed by atoms with Gasteiger partial charge in [-0.25, -0.2) is 9.78 Å². The molecule has 0 aliphatic carbocycles. The number of ether oxygens (including phenoxy) is 1. The van der Waals surface area contributed by atoms with Gasteiger partial charge >= 0.3 is 5.97 Å². The number of hydrogen-bond acceptors (Lipinski definition) is 5. The molecular formula is C14H18N4O4. The molecule has 0 spiro atoms. The van der Waals surface area contributed by atoms with Crippen LogP contribution in [0, 0.1) is 13.8 Å². The first-order valence-electron chi connectivity index (χ1n) is 6.70. The summed E-state index contributed by atoms with van der Waals surface area (Å²) in [7, 11) is 3.04. The van der Waals surface area contributed by atoms with Crippen LogP contribution in [0.25, 0.3) is 11.0 Å². The second kappa shape index (κ2) is 6.10. The lowest BCUT2D eigenvalue weighted by atomic mass is 10.1. The van der Waals surface area contributed by atoms with Gasteiger partial charge in [-0.2, -0.15) is 5.10 Å². The topological polar surface area (TPSA) is 106 Å². The number of nitrogens with one attached hydrogen (secondary N) is 1. The lowest BCUT2D eigenvalue weighted by Gasteiger charge is -2.12. The molecule has 2 aromatic rings. The van der Waals surface area contributed by atoms with Gasteiger partial charge in [0, 0.05) is 19.9 Å². The molecule has 0 saturated heterocycles. The molecule has 1 atom stereocenters. The molecule has 2 rings (SSSR count). The highest BCUT2D eigenvalue weighted by atomic mass is 16.5. The summed E-state index contributed by atoms with van der Waals surface area (Å²) in [5.74, 6) is -1.51. The number of carbonyl (C=O) groups is 2. The molecule has 1 unspecified atom stereocenters. The Kier molecular flexibility index (Phi) is 4.41. The fourth-order valence-electron chi connectivity index (χ4n) is 2.30. The Bertz CT molecular complexity index is 738. The molecule has 0 bridgehead atoms. The van der Waals surface area contributed by atoms with E-state index in [1.807, 2.05) is 0 Å². The van der Waals surface area contributed by atoms with Crippen molar-refractivity contribution in [2.24, 2.45) is 7.05 Å². The van der Waals surface area contributed by atoms with E-state index in [0.717, 1.165) is 0 Å². The number of pyridine rings is 1. The van der Waals surface area contributed by atoms with Crippen molar-refractivity contribution in [3.63, 3.8) is 0 Å². The number of aryl methyl sites for hydroxylation is 3. The van der Waals surface area contributed by atoms with Gasteiger partial charge in [0.05, 0.1) is 23.2 Å². The van der Waals surface area contributed by atoms with Crippen LogP contribution in [0.2, 0.25) is 0 Å². The maximum Gasteiger partial charge on any atom is 0.334 e. The van der Waals surface area contributed by atoms with Crippen molar-refractivity contribution in [1.82, 2.24) is 20.1 Å². The Morgan fingerprint density at radius 1 is 1.45 bits per heavy atom. The third kappa shape index (κ3) is 2.91. The van der Waals surface area contributed by atoms with Crippen molar-refractivity contribution in [2.75, 3.05) is 13.7 Å². The van der Waals surface area contributed by atoms with Crippen LogP contribution in [0.15, 0.2) is 6.07 Å². The lowest BCUT2D eigenvalue weighted by Crippen LogP contribution is -2.38.